The summed E-state index contributed by atoms with van der Waals surface area (Å²) in [6.07, 6.45) is 0.722. The van der Waals surface area contributed by atoms with E-state index in [1.54, 1.807) is 0 Å². The second-order valence-electron chi connectivity index (χ2n) is 1.60. The van der Waals surface area contributed by atoms with Gasteiger partial charge in [0, 0.05) is 0 Å². The fourth-order valence-corrected chi connectivity index (χ4v) is 1.20. The van der Waals surface area contributed by atoms with Crippen LogP contribution < -0.4 is 5.73 Å². The third kappa shape index (κ3) is 1.08. The lowest BCUT2D eigenvalue weighted by molar-refractivity contribution is 0.112. The van der Waals surface area contributed by atoms with E-state index < -0.39 is 0 Å². The van der Waals surface area contributed by atoms with Crippen molar-refractivity contribution < 1.29 is 4.79 Å². The van der Waals surface area contributed by atoms with Crippen LogP contribution in [0.3, 0.4) is 0 Å². The van der Waals surface area contributed by atoms with Gasteiger partial charge in [-0.25, -0.2) is 4.98 Å². The van der Waals surface area contributed by atoms with Gasteiger partial charge in [0.25, 0.3) is 0 Å². The van der Waals surface area contributed by atoms with Gasteiger partial charge in [-0.05, 0) is 6.92 Å². The average molecular weight is 142 g/mol. The number of anilines is 1. The number of aromatic nitrogens is 1. The summed E-state index contributed by atoms with van der Waals surface area (Å²) in [5, 5.41) is 0.828. The summed E-state index contributed by atoms with van der Waals surface area (Å²) in [6, 6.07) is 0. The molecule has 1 heterocycles. The molecule has 2 N–H and O–H groups in total. The van der Waals surface area contributed by atoms with Crippen molar-refractivity contribution in [1.82, 2.24) is 4.98 Å². The molecule has 0 aromatic carbocycles. The van der Waals surface area contributed by atoms with Gasteiger partial charge >= 0.3 is 0 Å². The van der Waals surface area contributed by atoms with Crippen LogP contribution >= 0.6 is 11.3 Å². The molecule has 0 amide bonds. The van der Waals surface area contributed by atoms with Gasteiger partial charge < -0.3 is 5.73 Å². The normalized spacial score (nSPS) is 9.44. The van der Waals surface area contributed by atoms with E-state index >= 15 is 0 Å². The zero-order chi connectivity index (χ0) is 6.85. The smallest absolute Gasteiger partial charge is 0.163 e. The highest BCUT2D eigenvalue weighted by molar-refractivity contribution is 7.13. The Balaban J connectivity index is 3.15. The zero-order valence-electron chi connectivity index (χ0n) is 4.92. The van der Waals surface area contributed by atoms with E-state index in [2.05, 4.69) is 4.98 Å². The first-order valence-electron chi connectivity index (χ1n) is 2.42. The van der Waals surface area contributed by atoms with Crippen LogP contribution in [0.2, 0.25) is 0 Å². The molecule has 0 saturated heterocycles. The fourth-order valence-electron chi connectivity index (χ4n) is 0.543. The van der Waals surface area contributed by atoms with Crippen molar-refractivity contribution in [2.24, 2.45) is 0 Å². The van der Waals surface area contributed by atoms with E-state index in [9.17, 15) is 4.79 Å². The van der Waals surface area contributed by atoms with Crippen LogP contribution in [0, 0.1) is 6.92 Å². The molecule has 0 unspecified atom stereocenters. The largest absolute Gasteiger partial charge is 0.382 e. The third-order valence-corrected chi connectivity index (χ3v) is 1.81. The number of hydrogen-bond acceptors (Lipinski definition) is 4. The summed E-state index contributed by atoms with van der Waals surface area (Å²) >= 11 is 1.31. The van der Waals surface area contributed by atoms with Gasteiger partial charge in [-0.2, -0.15) is 0 Å². The number of aldehydes is 1. The molecule has 1 aromatic rings. The Kier molecular flexibility index (Phi) is 1.48. The van der Waals surface area contributed by atoms with Gasteiger partial charge in [0.2, 0.25) is 0 Å². The third-order valence-electron chi connectivity index (χ3n) is 0.895. The number of carbonyl (C=O) groups is 1. The SMILES string of the molecule is Cc1nc(N)c(C=O)s1. The van der Waals surface area contributed by atoms with Gasteiger partial charge in [0.15, 0.2) is 6.29 Å². The molecular weight excluding hydrogens is 136 g/mol. The number of rotatable bonds is 1. The van der Waals surface area contributed by atoms with E-state index in [1.807, 2.05) is 6.92 Å². The predicted molar refractivity (Wildman–Crippen MR) is 36.7 cm³/mol. The minimum Gasteiger partial charge on any atom is -0.382 e. The van der Waals surface area contributed by atoms with Gasteiger partial charge in [0.05, 0.1) is 5.01 Å². The molecule has 0 saturated carbocycles. The second kappa shape index (κ2) is 2.14. The Bertz CT molecular complexity index is 231. The summed E-state index contributed by atoms with van der Waals surface area (Å²) in [5.74, 6) is 0.340. The standard InChI is InChI=1S/C5H6N2OS/c1-3-7-5(6)4(2-8)9-3/h2H,6H2,1H3. The van der Waals surface area contributed by atoms with E-state index in [1.165, 1.54) is 11.3 Å². The lowest BCUT2D eigenvalue weighted by atomic mass is 10.5. The maximum Gasteiger partial charge on any atom is 0.163 e. The maximum absolute atomic E-state index is 10.1. The van der Waals surface area contributed by atoms with E-state index in [0.29, 0.717) is 10.7 Å². The molecule has 0 spiro atoms. The molecule has 0 radical (unpaired) electrons. The zero-order valence-corrected chi connectivity index (χ0v) is 5.73. The van der Waals surface area contributed by atoms with Gasteiger partial charge in [-0.15, -0.1) is 11.3 Å². The van der Waals surface area contributed by atoms with Gasteiger partial charge in [0.1, 0.15) is 10.7 Å². The summed E-state index contributed by atoms with van der Waals surface area (Å²) in [5.41, 5.74) is 5.32. The molecular formula is C5H6N2OS. The summed E-state index contributed by atoms with van der Waals surface area (Å²) in [7, 11) is 0. The van der Waals surface area contributed by atoms with Gasteiger partial charge in [-0.1, -0.05) is 0 Å². The highest BCUT2D eigenvalue weighted by atomic mass is 32.1. The molecule has 1 rings (SSSR count). The maximum atomic E-state index is 10.1. The van der Waals surface area contributed by atoms with E-state index in [-0.39, 0.29) is 0 Å². The molecule has 3 nitrogen and oxygen atoms in total. The Hall–Kier alpha value is -0.900. The lowest BCUT2D eigenvalue weighted by Gasteiger charge is -1.78. The molecule has 48 valence electrons. The molecule has 0 aliphatic carbocycles. The van der Waals surface area contributed by atoms with Crippen LogP contribution in [0.1, 0.15) is 14.7 Å². The van der Waals surface area contributed by atoms with E-state index in [0.717, 1.165) is 11.3 Å². The average Bonchev–Trinajstić information content (AvgIpc) is 2.10. The minimum atomic E-state index is 0.340. The molecule has 0 aliphatic heterocycles. The topological polar surface area (TPSA) is 56.0 Å². The van der Waals surface area contributed by atoms with Crippen LogP contribution in [0.25, 0.3) is 0 Å². The number of hydrogen-bond donors (Lipinski definition) is 1. The summed E-state index contributed by atoms with van der Waals surface area (Å²) < 4.78 is 0. The molecule has 0 bridgehead atoms. The number of carbonyl (C=O) groups excluding carboxylic acids is 1. The first-order chi connectivity index (χ1) is 4.24. The Morgan fingerprint density at radius 3 is 2.67 bits per heavy atom. The van der Waals surface area contributed by atoms with Crippen molar-refractivity contribution in [1.29, 1.82) is 0 Å². The van der Waals surface area contributed by atoms with Crippen molar-refractivity contribution in [2.45, 2.75) is 6.92 Å². The quantitative estimate of drug-likeness (QED) is 0.591. The highest BCUT2D eigenvalue weighted by Gasteiger charge is 2.01. The van der Waals surface area contributed by atoms with Crippen molar-refractivity contribution >= 4 is 23.4 Å². The molecule has 9 heavy (non-hydrogen) atoms. The summed E-state index contributed by atoms with van der Waals surface area (Å²) in [4.78, 5) is 14.5. The van der Waals surface area contributed by atoms with E-state index in [4.69, 9.17) is 5.73 Å². The first-order valence-corrected chi connectivity index (χ1v) is 3.24. The van der Waals surface area contributed by atoms with Crippen molar-refractivity contribution in [2.75, 3.05) is 5.73 Å². The lowest BCUT2D eigenvalue weighted by Crippen LogP contribution is -1.87. The number of nitrogens with two attached hydrogens (primary N) is 1. The number of thiazole rings is 1. The Morgan fingerprint density at radius 2 is 2.44 bits per heavy atom. The molecule has 4 heteroatoms. The molecule has 0 aliphatic rings. The van der Waals surface area contributed by atoms with Crippen LogP contribution in [-0.2, 0) is 0 Å². The van der Waals surface area contributed by atoms with Crippen molar-refractivity contribution in [3.8, 4) is 0 Å². The Morgan fingerprint density at radius 1 is 1.78 bits per heavy atom. The monoisotopic (exact) mass is 142 g/mol. The molecule has 1 aromatic heterocycles. The van der Waals surface area contributed by atoms with Crippen LogP contribution in [-0.4, -0.2) is 11.3 Å². The van der Waals surface area contributed by atoms with Crippen LogP contribution in [0.4, 0.5) is 5.82 Å². The second-order valence-corrected chi connectivity index (χ2v) is 2.83. The number of nitrogen functional groups attached to an aromatic ring is 1. The van der Waals surface area contributed by atoms with Crippen LogP contribution in [0.5, 0.6) is 0 Å². The fraction of sp³-hybridized carbons (Fsp3) is 0.200. The number of nitrogens with zero attached hydrogens (tertiary/aromatic N) is 1. The van der Waals surface area contributed by atoms with Gasteiger partial charge in [-0.3, -0.25) is 4.79 Å². The number of aryl methyl sites for hydroxylation is 1. The highest BCUT2D eigenvalue weighted by Crippen LogP contribution is 2.16. The van der Waals surface area contributed by atoms with Crippen molar-refractivity contribution in [3.63, 3.8) is 0 Å². The molecule has 0 atom stereocenters. The minimum absolute atomic E-state index is 0.340. The Labute approximate surface area is 56.5 Å². The predicted octanol–water partition coefficient (Wildman–Crippen LogP) is 0.846. The summed E-state index contributed by atoms with van der Waals surface area (Å²) in [6.45, 7) is 1.81. The van der Waals surface area contributed by atoms with Crippen LogP contribution in [0.15, 0.2) is 0 Å². The first kappa shape index (κ1) is 6.22. The molecule has 0 fully saturated rings. The van der Waals surface area contributed by atoms with Crippen molar-refractivity contribution in [3.05, 3.63) is 9.88 Å².